The summed E-state index contributed by atoms with van der Waals surface area (Å²) in [6.45, 7) is 0. The predicted molar refractivity (Wildman–Crippen MR) is 59.5 cm³/mol. The van der Waals surface area contributed by atoms with E-state index in [0.29, 0.717) is 16.5 Å². The van der Waals surface area contributed by atoms with Crippen LogP contribution in [0.15, 0.2) is 18.2 Å². The highest BCUT2D eigenvalue weighted by molar-refractivity contribution is 6.35. The fourth-order valence-corrected chi connectivity index (χ4v) is 2.12. The van der Waals surface area contributed by atoms with Crippen LogP contribution in [0, 0.1) is 5.41 Å². The summed E-state index contributed by atoms with van der Waals surface area (Å²) in [7, 11) is 0. The summed E-state index contributed by atoms with van der Waals surface area (Å²) in [5.74, 6) is -0.728. The quantitative estimate of drug-likeness (QED) is 0.885. The molecule has 0 atom stereocenters. The van der Waals surface area contributed by atoms with Crippen molar-refractivity contribution >= 4 is 29.2 Å². The highest BCUT2D eigenvalue weighted by Crippen LogP contribution is 2.49. The first-order valence-electron chi connectivity index (χ1n) is 4.71. The molecule has 2 rings (SSSR count). The van der Waals surface area contributed by atoms with Gasteiger partial charge in [-0.25, -0.2) is 0 Å². The van der Waals surface area contributed by atoms with E-state index in [0.717, 1.165) is 18.4 Å². The first kappa shape index (κ1) is 10.8. The van der Waals surface area contributed by atoms with Gasteiger partial charge in [0.05, 0.1) is 5.41 Å². The summed E-state index contributed by atoms with van der Waals surface area (Å²) >= 11 is 11.8. The highest BCUT2D eigenvalue weighted by Gasteiger charge is 2.50. The number of aliphatic carboxylic acids is 1. The minimum absolute atomic E-state index is 0.498. The lowest BCUT2D eigenvalue weighted by Gasteiger charge is -2.10. The molecular formula is C11H10Cl2O2. The summed E-state index contributed by atoms with van der Waals surface area (Å²) in [4.78, 5) is 11.0. The normalized spacial score (nSPS) is 17.5. The van der Waals surface area contributed by atoms with Crippen LogP contribution in [0.3, 0.4) is 0 Å². The molecule has 0 amide bonds. The van der Waals surface area contributed by atoms with Crippen molar-refractivity contribution in [1.29, 1.82) is 0 Å². The number of benzene rings is 1. The number of halogens is 2. The van der Waals surface area contributed by atoms with Gasteiger partial charge in [-0.2, -0.15) is 0 Å². The van der Waals surface area contributed by atoms with Gasteiger partial charge in [0, 0.05) is 10.0 Å². The van der Waals surface area contributed by atoms with Gasteiger partial charge in [-0.15, -0.1) is 0 Å². The fraction of sp³-hybridized carbons (Fsp3) is 0.364. The van der Waals surface area contributed by atoms with Gasteiger partial charge in [-0.05, 0) is 37.0 Å². The third kappa shape index (κ3) is 2.11. The molecule has 80 valence electrons. The van der Waals surface area contributed by atoms with Crippen molar-refractivity contribution in [1.82, 2.24) is 0 Å². The van der Waals surface area contributed by atoms with Crippen LogP contribution in [0.25, 0.3) is 0 Å². The van der Waals surface area contributed by atoms with Crippen molar-refractivity contribution in [2.75, 3.05) is 0 Å². The Morgan fingerprint density at radius 2 is 2.07 bits per heavy atom. The van der Waals surface area contributed by atoms with Crippen LogP contribution >= 0.6 is 23.2 Å². The van der Waals surface area contributed by atoms with Crippen molar-refractivity contribution < 1.29 is 9.90 Å². The van der Waals surface area contributed by atoms with Crippen LogP contribution in [-0.2, 0) is 11.2 Å². The third-order valence-corrected chi connectivity index (χ3v) is 3.44. The first-order chi connectivity index (χ1) is 7.03. The van der Waals surface area contributed by atoms with Gasteiger partial charge in [-0.3, -0.25) is 4.79 Å². The Morgan fingerprint density at radius 1 is 1.40 bits per heavy atom. The Balaban J connectivity index is 2.21. The SMILES string of the molecule is O=C(O)C1(Cc2ccc(Cl)cc2Cl)CC1. The Hall–Kier alpha value is -0.730. The maximum absolute atomic E-state index is 11.0. The van der Waals surface area contributed by atoms with Crippen LogP contribution in [0.5, 0.6) is 0 Å². The molecule has 1 aliphatic rings. The minimum Gasteiger partial charge on any atom is -0.481 e. The molecule has 0 aliphatic heterocycles. The lowest BCUT2D eigenvalue weighted by Crippen LogP contribution is -2.17. The van der Waals surface area contributed by atoms with Gasteiger partial charge < -0.3 is 5.11 Å². The topological polar surface area (TPSA) is 37.3 Å². The van der Waals surface area contributed by atoms with E-state index in [1.165, 1.54) is 0 Å². The number of hydrogen-bond donors (Lipinski definition) is 1. The zero-order chi connectivity index (χ0) is 11.1. The molecule has 0 bridgehead atoms. The molecule has 0 spiro atoms. The highest BCUT2D eigenvalue weighted by atomic mass is 35.5. The molecule has 1 saturated carbocycles. The molecule has 2 nitrogen and oxygen atoms in total. The van der Waals surface area contributed by atoms with E-state index in [9.17, 15) is 4.79 Å². The van der Waals surface area contributed by atoms with E-state index in [-0.39, 0.29) is 0 Å². The molecule has 1 fully saturated rings. The van der Waals surface area contributed by atoms with Crippen molar-refractivity contribution in [3.05, 3.63) is 33.8 Å². The maximum Gasteiger partial charge on any atom is 0.309 e. The van der Waals surface area contributed by atoms with Gasteiger partial charge in [0.2, 0.25) is 0 Å². The Kier molecular flexibility index (Phi) is 2.65. The summed E-state index contributed by atoms with van der Waals surface area (Å²) in [5.41, 5.74) is 0.290. The van der Waals surface area contributed by atoms with Crippen molar-refractivity contribution in [2.45, 2.75) is 19.3 Å². The summed E-state index contributed by atoms with van der Waals surface area (Å²) in [5, 5.41) is 10.2. The Morgan fingerprint density at radius 3 is 2.53 bits per heavy atom. The van der Waals surface area contributed by atoms with Crippen LogP contribution in [0.4, 0.5) is 0 Å². The van der Waals surface area contributed by atoms with Gasteiger partial charge >= 0.3 is 5.97 Å². The van der Waals surface area contributed by atoms with Gasteiger partial charge in [0.15, 0.2) is 0 Å². The first-order valence-corrected chi connectivity index (χ1v) is 5.46. The number of rotatable bonds is 3. The van der Waals surface area contributed by atoms with E-state index in [1.54, 1.807) is 18.2 Å². The third-order valence-electron chi connectivity index (χ3n) is 2.85. The molecule has 1 aromatic rings. The van der Waals surface area contributed by atoms with E-state index in [1.807, 2.05) is 0 Å². The predicted octanol–water partition coefficient (Wildman–Crippen LogP) is 3.40. The van der Waals surface area contributed by atoms with E-state index < -0.39 is 11.4 Å². The monoisotopic (exact) mass is 244 g/mol. The van der Waals surface area contributed by atoms with E-state index >= 15 is 0 Å². The van der Waals surface area contributed by atoms with Gasteiger partial charge in [0.1, 0.15) is 0 Å². The second-order valence-corrected chi connectivity index (χ2v) is 4.84. The van der Waals surface area contributed by atoms with Crippen LogP contribution < -0.4 is 0 Å². The number of carboxylic acid groups (broad SMARTS) is 1. The zero-order valence-corrected chi connectivity index (χ0v) is 9.48. The molecular weight excluding hydrogens is 235 g/mol. The number of hydrogen-bond acceptors (Lipinski definition) is 1. The van der Waals surface area contributed by atoms with Crippen molar-refractivity contribution in [2.24, 2.45) is 5.41 Å². The molecule has 1 aliphatic carbocycles. The van der Waals surface area contributed by atoms with Gasteiger partial charge in [0.25, 0.3) is 0 Å². The second-order valence-electron chi connectivity index (χ2n) is 4.00. The molecule has 15 heavy (non-hydrogen) atoms. The lowest BCUT2D eigenvalue weighted by atomic mass is 9.97. The molecule has 1 aromatic carbocycles. The van der Waals surface area contributed by atoms with E-state index in [4.69, 9.17) is 28.3 Å². The zero-order valence-electron chi connectivity index (χ0n) is 7.96. The van der Waals surface area contributed by atoms with Crippen LogP contribution in [0.1, 0.15) is 18.4 Å². The molecule has 1 N–H and O–H groups in total. The van der Waals surface area contributed by atoms with Crippen LogP contribution in [0.2, 0.25) is 10.0 Å². The fourth-order valence-electron chi connectivity index (χ4n) is 1.65. The molecule has 0 saturated heterocycles. The second kappa shape index (κ2) is 3.69. The molecule has 4 heteroatoms. The lowest BCUT2D eigenvalue weighted by molar-refractivity contribution is -0.143. The largest absolute Gasteiger partial charge is 0.481 e. The van der Waals surface area contributed by atoms with Crippen molar-refractivity contribution in [3.8, 4) is 0 Å². The molecule has 0 radical (unpaired) electrons. The smallest absolute Gasteiger partial charge is 0.309 e. The number of carbonyl (C=O) groups is 1. The maximum atomic E-state index is 11.0. The average Bonchev–Trinajstić information content (AvgIpc) is 2.91. The van der Waals surface area contributed by atoms with E-state index in [2.05, 4.69) is 0 Å². The standard InChI is InChI=1S/C11H10Cl2O2/c12-8-2-1-7(9(13)5-8)6-11(3-4-11)10(14)15/h1-2,5H,3-4,6H2,(H,14,15). The average molecular weight is 245 g/mol. The Bertz CT molecular complexity index is 411. The molecule has 0 unspecified atom stereocenters. The molecule has 0 heterocycles. The van der Waals surface area contributed by atoms with Crippen molar-refractivity contribution in [3.63, 3.8) is 0 Å². The summed E-state index contributed by atoms with van der Waals surface area (Å²) in [6, 6.07) is 5.19. The number of carboxylic acids is 1. The van der Waals surface area contributed by atoms with Gasteiger partial charge in [-0.1, -0.05) is 29.3 Å². The summed E-state index contributed by atoms with van der Waals surface area (Å²) in [6.07, 6.45) is 1.97. The Labute approximate surface area is 97.8 Å². The molecule has 0 aromatic heterocycles. The van der Waals surface area contributed by atoms with Crippen LogP contribution in [-0.4, -0.2) is 11.1 Å². The summed E-state index contributed by atoms with van der Waals surface area (Å²) < 4.78 is 0. The minimum atomic E-state index is -0.728.